The van der Waals surface area contributed by atoms with Crippen LogP contribution in [0.2, 0.25) is 0 Å². The number of likely N-dealkylation sites (N-methyl/N-ethyl adjacent to an activating group) is 1. The summed E-state index contributed by atoms with van der Waals surface area (Å²) in [5.74, 6) is -1.35. The summed E-state index contributed by atoms with van der Waals surface area (Å²) < 4.78 is 17.2. The van der Waals surface area contributed by atoms with Crippen molar-refractivity contribution < 1.29 is 43.0 Å². The number of anilines is 1. The van der Waals surface area contributed by atoms with E-state index in [9.17, 15) is 28.8 Å². The van der Waals surface area contributed by atoms with Crippen molar-refractivity contribution in [1.29, 1.82) is 0 Å². The van der Waals surface area contributed by atoms with Crippen LogP contribution in [0.4, 0.5) is 15.3 Å². The molecular formula is C40H70N8O9. The fraction of sp³-hybridized carbons (Fsp3) is 0.700. The Kier molecular flexibility index (Phi) is 23.4. The molecule has 17 nitrogen and oxygen atoms in total. The van der Waals surface area contributed by atoms with Gasteiger partial charge in [0.25, 0.3) is 0 Å². The van der Waals surface area contributed by atoms with Crippen molar-refractivity contribution in [3.05, 3.63) is 29.8 Å². The van der Waals surface area contributed by atoms with Crippen molar-refractivity contribution in [2.75, 3.05) is 51.8 Å². The number of benzene rings is 1. The number of carbonyl (C=O) groups excluding carboxylic acids is 6. The minimum absolute atomic E-state index is 0.0285. The summed E-state index contributed by atoms with van der Waals surface area (Å²) in [6.07, 6.45) is 1.57. The maximum atomic E-state index is 13.6. The van der Waals surface area contributed by atoms with E-state index in [1.165, 1.54) is 0 Å². The lowest BCUT2D eigenvalue weighted by Gasteiger charge is -2.29. The lowest BCUT2D eigenvalue weighted by molar-refractivity contribution is -0.132. The highest BCUT2D eigenvalue weighted by molar-refractivity contribution is 5.98. The van der Waals surface area contributed by atoms with Gasteiger partial charge in [-0.25, -0.2) is 9.59 Å². The predicted molar refractivity (Wildman–Crippen MR) is 219 cm³/mol. The second-order valence-corrected chi connectivity index (χ2v) is 16.0. The third-order valence-corrected chi connectivity index (χ3v) is 8.77. The molecule has 0 heterocycles. The second kappa shape index (κ2) is 26.4. The van der Waals surface area contributed by atoms with Gasteiger partial charge in [-0.05, 0) is 90.0 Å². The standard InChI is InChI=1S/C40H70N8O9/c1-27(2)25-33(50)43-20-18-40(7,8)57-24-23-56-39(5,6)17-16-32(49)48-34(28(3)4)36(52)47-31(11-10-19-44-37(41)53)35(51)46-30-14-12-29(13-15-30)26-55-38(54)45-22-21-42-9/h12-15,27-28,31,34,42H,10-11,16-26H2,1-9H3,(H,43,50)(H,45,54)(H,46,51)(H,47,52)(H,48,49)(H3,41,44,53)/t31-,34?/m0/s1. The molecule has 0 spiro atoms. The molecule has 1 aromatic carbocycles. The Hall–Kier alpha value is -4.48. The molecule has 17 heteroatoms. The molecule has 0 aliphatic carbocycles. The summed E-state index contributed by atoms with van der Waals surface area (Å²) >= 11 is 0. The molecule has 7 amide bonds. The molecule has 1 unspecified atom stereocenters. The Labute approximate surface area is 338 Å². The molecule has 0 fully saturated rings. The van der Waals surface area contributed by atoms with Crippen molar-refractivity contribution in [2.24, 2.45) is 17.6 Å². The number of amides is 7. The molecule has 0 saturated heterocycles. The van der Waals surface area contributed by atoms with E-state index in [1.807, 2.05) is 41.5 Å². The minimum atomic E-state index is -1.00. The molecule has 0 aromatic heterocycles. The van der Waals surface area contributed by atoms with E-state index in [0.29, 0.717) is 75.7 Å². The topological polar surface area (TPSA) is 240 Å². The Bertz CT molecular complexity index is 1400. The fourth-order valence-electron chi connectivity index (χ4n) is 5.37. The molecule has 2 atom stereocenters. The first-order chi connectivity index (χ1) is 26.7. The summed E-state index contributed by atoms with van der Waals surface area (Å²) in [5, 5.41) is 19.3. The van der Waals surface area contributed by atoms with Crippen LogP contribution in [0.3, 0.4) is 0 Å². The highest BCUT2D eigenvalue weighted by atomic mass is 16.6. The highest BCUT2D eigenvalue weighted by Crippen LogP contribution is 2.19. The maximum absolute atomic E-state index is 13.6. The van der Waals surface area contributed by atoms with Crippen LogP contribution in [0.25, 0.3) is 0 Å². The van der Waals surface area contributed by atoms with Crippen molar-refractivity contribution in [3.63, 3.8) is 0 Å². The molecule has 57 heavy (non-hydrogen) atoms. The zero-order valence-electron chi connectivity index (χ0n) is 35.6. The zero-order chi connectivity index (χ0) is 43.0. The van der Waals surface area contributed by atoms with Gasteiger partial charge in [0.1, 0.15) is 18.7 Å². The van der Waals surface area contributed by atoms with Crippen molar-refractivity contribution in [3.8, 4) is 0 Å². The van der Waals surface area contributed by atoms with E-state index < -0.39 is 47.2 Å². The second-order valence-electron chi connectivity index (χ2n) is 16.0. The first kappa shape index (κ1) is 50.5. The molecule has 1 rings (SSSR count). The number of rotatable bonds is 28. The Morgan fingerprint density at radius 1 is 0.737 bits per heavy atom. The van der Waals surface area contributed by atoms with Crippen LogP contribution in [-0.4, -0.2) is 105 Å². The number of urea groups is 1. The van der Waals surface area contributed by atoms with E-state index in [2.05, 4.69) is 37.2 Å². The van der Waals surface area contributed by atoms with Crippen LogP contribution >= 0.6 is 0 Å². The molecule has 0 saturated carbocycles. The van der Waals surface area contributed by atoms with Crippen molar-refractivity contribution in [1.82, 2.24) is 31.9 Å². The molecule has 1 aromatic rings. The van der Waals surface area contributed by atoms with E-state index >= 15 is 0 Å². The quantitative estimate of drug-likeness (QED) is 0.0576. The van der Waals surface area contributed by atoms with E-state index in [1.54, 1.807) is 45.2 Å². The molecule has 324 valence electrons. The zero-order valence-corrected chi connectivity index (χ0v) is 35.6. The van der Waals surface area contributed by atoms with Crippen LogP contribution in [0, 0.1) is 11.8 Å². The number of hydrogen-bond acceptors (Lipinski definition) is 10. The van der Waals surface area contributed by atoms with Gasteiger partial charge < -0.3 is 57.2 Å². The smallest absolute Gasteiger partial charge is 0.407 e. The van der Waals surface area contributed by atoms with Crippen molar-refractivity contribution >= 4 is 41.4 Å². The lowest BCUT2D eigenvalue weighted by atomic mass is 9.99. The van der Waals surface area contributed by atoms with Crippen LogP contribution in [-0.2, 0) is 40.0 Å². The largest absolute Gasteiger partial charge is 0.445 e. The molecule has 0 aliphatic heterocycles. The van der Waals surface area contributed by atoms with Gasteiger partial charge in [-0.2, -0.15) is 0 Å². The van der Waals surface area contributed by atoms with E-state index in [4.69, 9.17) is 19.9 Å². The van der Waals surface area contributed by atoms with Gasteiger partial charge >= 0.3 is 12.1 Å². The number of hydrogen-bond donors (Lipinski definition) is 8. The maximum Gasteiger partial charge on any atom is 0.407 e. The number of alkyl carbamates (subject to hydrolysis) is 1. The van der Waals surface area contributed by atoms with Crippen LogP contribution in [0.15, 0.2) is 24.3 Å². The normalized spacial score (nSPS) is 12.7. The van der Waals surface area contributed by atoms with Crippen molar-refractivity contribution in [2.45, 2.75) is 124 Å². The average Bonchev–Trinajstić information content (AvgIpc) is 3.12. The third-order valence-electron chi connectivity index (χ3n) is 8.77. The highest BCUT2D eigenvalue weighted by Gasteiger charge is 2.30. The number of nitrogens with two attached hydrogens (primary N) is 1. The average molecular weight is 807 g/mol. The summed E-state index contributed by atoms with van der Waals surface area (Å²) in [6, 6.07) is 4.07. The van der Waals surface area contributed by atoms with Gasteiger partial charge in [0, 0.05) is 44.7 Å². The number of primary amides is 1. The van der Waals surface area contributed by atoms with E-state index in [-0.39, 0.29) is 43.7 Å². The van der Waals surface area contributed by atoms with Crippen LogP contribution < -0.4 is 43.0 Å². The fourth-order valence-corrected chi connectivity index (χ4v) is 5.37. The first-order valence-electron chi connectivity index (χ1n) is 19.9. The Morgan fingerprint density at radius 3 is 1.95 bits per heavy atom. The monoisotopic (exact) mass is 807 g/mol. The van der Waals surface area contributed by atoms with Crippen LogP contribution in [0.1, 0.15) is 99.5 Å². The van der Waals surface area contributed by atoms with Crippen LogP contribution in [0.5, 0.6) is 0 Å². The van der Waals surface area contributed by atoms with Gasteiger partial charge in [0.15, 0.2) is 0 Å². The molecule has 0 aliphatic rings. The third kappa shape index (κ3) is 24.0. The number of nitrogens with one attached hydrogen (secondary N) is 7. The lowest BCUT2D eigenvalue weighted by Crippen LogP contribution is -2.54. The molecule has 0 radical (unpaired) electrons. The number of ether oxygens (including phenoxy) is 3. The Morgan fingerprint density at radius 2 is 1.37 bits per heavy atom. The minimum Gasteiger partial charge on any atom is -0.445 e. The summed E-state index contributed by atoms with van der Waals surface area (Å²) in [5.41, 5.74) is 5.22. The SMILES string of the molecule is CNCCNC(=O)OCc1ccc(NC(=O)[C@H](CCCNC(N)=O)NC(=O)C(NC(=O)CCC(C)(C)OCCOC(C)(C)CCNC(=O)CC(C)C)C(C)C)cc1. The van der Waals surface area contributed by atoms with E-state index in [0.717, 1.165) is 0 Å². The predicted octanol–water partition coefficient (Wildman–Crippen LogP) is 3.07. The van der Waals surface area contributed by atoms with Gasteiger partial charge in [-0.15, -0.1) is 0 Å². The molecule has 0 bridgehead atoms. The van der Waals surface area contributed by atoms with Gasteiger partial charge in [0.2, 0.25) is 23.6 Å². The van der Waals surface area contributed by atoms with Gasteiger partial charge in [-0.1, -0.05) is 39.8 Å². The van der Waals surface area contributed by atoms with Gasteiger partial charge in [-0.3, -0.25) is 19.2 Å². The van der Waals surface area contributed by atoms with Gasteiger partial charge in [0.05, 0.1) is 24.4 Å². The number of carbonyl (C=O) groups is 6. The summed E-state index contributed by atoms with van der Waals surface area (Å²) in [7, 11) is 1.78. The Balaban J connectivity index is 2.73. The molecule has 9 N–H and O–H groups in total. The summed E-state index contributed by atoms with van der Waals surface area (Å²) in [6.45, 7) is 17.7. The molecular weight excluding hydrogens is 736 g/mol. The summed E-state index contributed by atoms with van der Waals surface area (Å²) in [4.78, 5) is 75.1. The first-order valence-corrected chi connectivity index (χ1v) is 19.9.